The van der Waals surface area contributed by atoms with Gasteiger partial charge in [-0.05, 0) is 32.2 Å². The Balaban J connectivity index is 1.87. The summed E-state index contributed by atoms with van der Waals surface area (Å²) in [6.45, 7) is 3.95. The van der Waals surface area contributed by atoms with Crippen LogP contribution in [-0.2, 0) is 0 Å². The van der Waals surface area contributed by atoms with Gasteiger partial charge in [0.05, 0.1) is 0 Å². The summed E-state index contributed by atoms with van der Waals surface area (Å²) < 4.78 is 0. The number of hydrogen-bond acceptors (Lipinski definition) is 2. The Labute approximate surface area is 91.6 Å². The van der Waals surface area contributed by atoms with Crippen molar-refractivity contribution >= 4 is 6.03 Å². The van der Waals surface area contributed by atoms with Crippen LogP contribution in [0.4, 0.5) is 4.79 Å². The zero-order valence-electron chi connectivity index (χ0n) is 9.54. The SMILES string of the molecule is CN(C(=O)N1CCCC1)[C@H]1CCCNC1. The summed E-state index contributed by atoms with van der Waals surface area (Å²) >= 11 is 0. The number of nitrogens with one attached hydrogen (secondary N) is 1. The van der Waals surface area contributed by atoms with E-state index in [1.807, 2.05) is 16.8 Å². The van der Waals surface area contributed by atoms with Gasteiger partial charge in [-0.1, -0.05) is 0 Å². The minimum atomic E-state index is 0.223. The molecule has 2 heterocycles. The van der Waals surface area contributed by atoms with E-state index in [-0.39, 0.29) is 6.03 Å². The molecular formula is C11H21N3O. The molecule has 1 N–H and O–H groups in total. The lowest BCUT2D eigenvalue weighted by Gasteiger charge is -2.34. The topological polar surface area (TPSA) is 35.6 Å². The maximum absolute atomic E-state index is 12.1. The molecule has 0 aromatic carbocycles. The van der Waals surface area contributed by atoms with Crippen LogP contribution in [0.1, 0.15) is 25.7 Å². The Hall–Kier alpha value is -0.770. The monoisotopic (exact) mass is 211 g/mol. The van der Waals surface area contributed by atoms with Crippen LogP contribution in [0.5, 0.6) is 0 Å². The molecule has 2 rings (SSSR count). The molecule has 2 aliphatic rings. The van der Waals surface area contributed by atoms with Crippen molar-refractivity contribution in [3.8, 4) is 0 Å². The average molecular weight is 211 g/mol. The molecule has 0 bridgehead atoms. The second kappa shape index (κ2) is 4.84. The molecule has 1 atom stereocenters. The molecule has 0 radical (unpaired) electrons. The van der Waals surface area contributed by atoms with Gasteiger partial charge < -0.3 is 15.1 Å². The number of amides is 2. The van der Waals surface area contributed by atoms with E-state index in [0.29, 0.717) is 6.04 Å². The molecule has 2 aliphatic heterocycles. The second-order valence-corrected chi connectivity index (χ2v) is 4.59. The summed E-state index contributed by atoms with van der Waals surface area (Å²) in [5.74, 6) is 0. The van der Waals surface area contributed by atoms with Crippen LogP contribution < -0.4 is 5.32 Å². The summed E-state index contributed by atoms with van der Waals surface area (Å²) in [6.07, 6.45) is 4.66. The molecule has 0 spiro atoms. The van der Waals surface area contributed by atoms with E-state index in [1.54, 1.807) is 0 Å². The van der Waals surface area contributed by atoms with E-state index in [2.05, 4.69) is 5.32 Å². The number of hydrogen-bond donors (Lipinski definition) is 1. The van der Waals surface area contributed by atoms with Crippen molar-refractivity contribution in [1.29, 1.82) is 0 Å². The standard InChI is InChI=1S/C11H21N3O/c1-13(10-5-4-6-12-9-10)11(15)14-7-2-3-8-14/h10,12H,2-9H2,1H3/t10-/m0/s1. The highest BCUT2D eigenvalue weighted by Crippen LogP contribution is 2.14. The molecule has 0 aromatic rings. The highest BCUT2D eigenvalue weighted by Gasteiger charge is 2.26. The predicted octanol–water partition coefficient (Wildman–Crippen LogP) is 0.886. The highest BCUT2D eigenvalue weighted by molar-refractivity contribution is 5.74. The van der Waals surface area contributed by atoms with E-state index in [0.717, 1.165) is 32.6 Å². The van der Waals surface area contributed by atoms with Gasteiger partial charge in [0, 0.05) is 32.7 Å². The van der Waals surface area contributed by atoms with Gasteiger partial charge in [0.15, 0.2) is 0 Å². The van der Waals surface area contributed by atoms with E-state index in [4.69, 9.17) is 0 Å². The van der Waals surface area contributed by atoms with E-state index >= 15 is 0 Å². The van der Waals surface area contributed by atoms with Gasteiger partial charge in [0.1, 0.15) is 0 Å². The van der Waals surface area contributed by atoms with Crippen LogP contribution in [0.3, 0.4) is 0 Å². The quantitative estimate of drug-likeness (QED) is 0.699. The fourth-order valence-corrected chi connectivity index (χ4v) is 2.45. The Morgan fingerprint density at radius 2 is 2.07 bits per heavy atom. The number of nitrogens with zero attached hydrogens (tertiary/aromatic N) is 2. The first-order valence-electron chi connectivity index (χ1n) is 6.01. The number of urea groups is 1. The van der Waals surface area contributed by atoms with E-state index in [1.165, 1.54) is 19.3 Å². The smallest absolute Gasteiger partial charge is 0.320 e. The molecular weight excluding hydrogens is 190 g/mol. The van der Waals surface area contributed by atoms with Crippen molar-refractivity contribution in [3.63, 3.8) is 0 Å². The number of likely N-dealkylation sites (N-methyl/N-ethyl adjacent to an activating group) is 1. The fraction of sp³-hybridized carbons (Fsp3) is 0.909. The number of carbonyl (C=O) groups is 1. The Kier molecular flexibility index (Phi) is 3.46. The Bertz CT molecular complexity index is 220. The normalized spacial score (nSPS) is 26.7. The van der Waals surface area contributed by atoms with Gasteiger partial charge in [-0.3, -0.25) is 0 Å². The summed E-state index contributed by atoms with van der Waals surface area (Å²) in [5, 5.41) is 3.35. The van der Waals surface area contributed by atoms with Gasteiger partial charge in [-0.15, -0.1) is 0 Å². The van der Waals surface area contributed by atoms with Crippen LogP contribution >= 0.6 is 0 Å². The highest BCUT2D eigenvalue weighted by atomic mass is 16.2. The van der Waals surface area contributed by atoms with Crippen LogP contribution in [0.2, 0.25) is 0 Å². The maximum Gasteiger partial charge on any atom is 0.320 e. The van der Waals surface area contributed by atoms with Gasteiger partial charge in [-0.2, -0.15) is 0 Å². The molecule has 0 saturated carbocycles. The van der Waals surface area contributed by atoms with Crippen molar-refractivity contribution in [2.75, 3.05) is 33.2 Å². The van der Waals surface area contributed by atoms with Crippen molar-refractivity contribution in [2.24, 2.45) is 0 Å². The summed E-state index contributed by atoms with van der Waals surface area (Å²) in [4.78, 5) is 16.0. The third kappa shape index (κ3) is 2.43. The van der Waals surface area contributed by atoms with E-state index < -0.39 is 0 Å². The van der Waals surface area contributed by atoms with Crippen molar-refractivity contribution in [1.82, 2.24) is 15.1 Å². The van der Waals surface area contributed by atoms with Gasteiger partial charge in [-0.25, -0.2) is 4.79 Å². The number of likely N-dealkylation sites (tertiary alicyclic amines) is 1. The molecule has 2 saturated heterocycles. The Morgan fingerprint density at radius 1 is 1.33 bits per heavy atom. The first kappa shape index (κ1) is 10.7. The molecule has 86 valence electrons. The van der Waals surface area contributed by atoms with Crippen LogP contribution in [0.15, 0.2) is 0 Å². The summed E-state index contributed by atoms with van der Waals surface area (Å²) in [7, 11) is 1.94. The zero-order valence-corrected chi connectivity index (χ0v) is 9.54. The van der Waals surface area contributed by atoms with Crippen LogP contribution in [0.25, 0.3) is 0 Å². The third-order valence-corrected chi connectivity index (χ3v) is 3.50. The first-order chi connectivity index (χ1) is 7.29. The second-order valence-electron chi connectivity index (χ2n) is 4.59. The average Bonchev–Trinajstić information content (AvgIpc) is 2.82. The van der Waals surface area contributed by atoms with Gasteiger partial charge in [0.2, 0.25) is 0 Å². The molecule has 15 heavy (non-hydrogen) atoms. The lowest BCUT2D eigenvalue weighted by Crippen LogP contribution is -2.50. The molecule has 4 nitrogen and oxygen atoms in total. The summed E-state index contributed by atoms with van der Waals surface area (Å²) in [6, 6.07) is 0.619. The zero-order chi connectivity index (χ0) is 10.7. The largest absolute Gasteiger partial charge is 0.325 e. The lowest BCUT2D eigenvalue weighted by atomic mass is 10.1. The molecule has 0 aromatic heterocycles. The summed E-state index contributed by atoms with van der Waals surface area (Å²) in [5.41, 5.74) is 0. The van der Waals surface area contributed by atoms with Crippen molar-refractivity contribution in [3.05, 3.63) is 0 Å². The molecule has 0 aliphatic carbocycles. The fourth-order valence-electron chi connectivity index (χ4n) is 2.45. The molecule has 4 heteroatoms. The van der Waals surface area contributed by atoms with Crippen molar-refractivity contribution < 1.29 is 4.79 Å². The lowest BCUT2D eigenvalue weighted by molar-refractivity contribution is 0.146. The first-order valence-corrected chi connectivity index (χ1v) is 6.01. The minimum Gasteiger partial charge on any atom is -0.325 e. The van der Waals surface area contributed by atoms with Gasteiger partial charge in [0.25, 0.3) is 0 Å². The van der Waals surface area contributed by atoms with Crippen LogP contribution in [-0.4, -0.2) is 55.1 Å². The van der Waals surface area contributed by atoms with E-state index in [9.17, 15) is 4.79 Å². The maximum atomic E-state index is 12.1. The van der Waals surface area contributed by atoms with Gasteiger partial charge >= 0.3 is 6.03 Å². The molecule has 2 fully saturated rings. The molecule has 2 amide bonds. The molecule has 0 unspecified atom stereocenters. The number of carbonyl (C=O) groups excluding carboxylic acids is 1. The Morgan fingerprint density at radius 3 is 2.67 bits per heavy atom. The minimum absolute atomic E-state index is 0.223. The predicted molar refractivity (Wildman–Crippen MR) is 59.9 cm³/mol. The third-order valence-electron chi connectivity index (χ3n) is 3.50. The number of rotatable bonds is 1. The van der Waals surface area contributed by atoms with Crippen molar-refractivity contribution in [2.45, 2.75) is 31.7 Å². The van der Waals surface area contributed by atoms with Crippen LogP contribution in [0, 0.1) is 0 Å². The number of piperidine rings is 1.